The van der Waals surface area contributed by atoms with Gasteiger partial charge in [0.2, 0.25) is 5.78 Å². The topological polar surface area (TPSA) is 105 Å². The summed E-state index contributed by atoms with van der Waals surface area (Å²) in [6.07, 6.45) is 7.65. The smallest absolute Gasteiger partial charge is 0.259 e. The van der Waals surface area contributed by atoms with Crippen molar-refractivity contribution in [3.05, 3.63) is 87.6 Å². The molecular weight excluding hydrogens is 514 g/mol. The third-order valence-corrected chi connectivity index (χ3v) is 8.41. The van der Waals surface area contributed by atoms with Crippen molar-refractivity contribution >= 4 is 5.78 Å². The van der Waals surface area contributed by atoms with Crippen molar-refractivity contribution in [2.45, 2.75) is 89.9 Å². The van der Waals surface area contributed by atoms with Crippen molar-refractivity contribution < 1.29 is 9.84 Å². The van der Waals surface area contributed by atoms with E-state index in [2.05, 4.69) is 23.1 Å². The van der Waals surface area contributed by atoms with E-state index in [0.29, 0.717) is 30.8 Å². The Kier molecular flexibility index (Phi) is 8.67. The zero-order valence-electron chi connectivity index (χ0n) is 24.2. The molecule has 8 heteroatoms. The molecule has 1 N–H and O–H groups in total. The molecule has 1 aliphatic carbocycles. The molecule has 1 saturated carbocycles. The highest BCUT2D eigenvalue weighted by molar-refractivity contribution is 5.70. The second-order valence-electron chi connectivity index (χ2n) is 11.4. The second kappa shape index (κ2) is 12.4. The summed E-state index contributed by atoms with van der Waals surface area (Å²) >= 11 is 0. The third-order valence-electron chi connectivity index (χ3n) is 8.41. The van der Waals surface area contributed by atoms with Gasteiger partial charge in [-0.05, 0) is 68.2 Å². The van der Waals surface area contributed by atoms with Gasteiger partial charge in [0.15, 0.2) is 0 Å². The first-order chi connectivity index (χ1) is 19.8. The van der Waals surface area contributed by atoms with E-state index in [-0.39, 0.29) is 17.7 Å². The van der Waals surface area contributed by atoms with E-state index in [9.17, 15) is 15.2 Å². The number of rotatable bonds is 10. The van der Waals surface area contributed by atoms with Crippen LogP contribution in [-0.2, 0) is 17.6 Å². The average Bonchev–Trinajstić information content (AvgIpc) is 3.48. The van der Waals surface area contributed by atoms with Gasteiger partial charge in [-0.15, -0.1) is 0 Å². The lowest BCUT2D eigenvalue weighted by Crippen LogP contribution is -2.36. The minimum Gasteiger partial charge on any atom is -0.388 e. The fourth-order valence-corrected chi connectivity index (χ4v) is 5.79. The Labute approximate surface area is 241 Å². The second-order valence-corrected chi connectivity index (χ2v) is 11.4. The molecule has 1 unspecified atom stereocenters. The summed E-state index contributed by atoms with van der Waals surface area (Å²) in [4.78, 5) is 18.7. The molecule has 1 aliphatic rings. The van der Waals surface area contributed by atoms with Crippen LogP contribution in [0.5, 0.6) is 0 Å². The quantitative estimate of drug-likeness (QED) is 0.273. The summed E-state index contributed by atoms with van der Waals surface area (Å²) in [5, 5.41) is 24.4. The number of nitrogens with zero attached hydrogens (tertiary/aromatic N) is 5. The van der Waals surface area contributed by atoms with Crippen LogP contribution in [0.4, 0.5) is 0 Å². The number of hydrogen-bond acceptors (Lipinski definition) is 6. The van der Waals surface area contributed by atoms with Crippen LogP contribution in [0.1, 0.15) is 87.7 Å². The van der Waals surface area contributed by atoms with E-state index >= 15 is 0 Å². The Morgan fingerprint density at radius 3 is 2.51 bits per heavy atom. The standard InChI is InChI=1S/C33H39N5O3/c1-4-8-30-29(19-23-11-13-24(14-12-23)28-10-7-6-9-25(28)20-34)31(39)37(32-35-22-36-38(30)32)26-15-17-27(18-16-26)41-21-33(3,40)5-2/h6-7,9-14,22,26-27,40H,4-5,8,15-19,21H2,1-3H3/t26-,27-,33?. The van der Waals surface area contributed by atoms with Gasteiger partial charge in [0.1, 0.15) is 6.33 Å². The molecule has 0 bridgehead atoms. The lowest BCUT2D eigenvalue weighted by Gasteiger charge is -2.32. The van der Waals surface area contributed by atoms with Crippen molar-refractivity contribution in [2.24, 2.45) is 0 Å². The van der Waals surface area contributed by atoms with Gasteiger partial charge in [0, 0.05) is 18.0 Å². The molecule has 2 heterocycles. The Hall–Kier alpha value is -3.80. The molecule has 0 aliphatic heterocycles. The summed E-state index contributed by atoms with van der Waals surface area (Å²) in [5.41, 5.74) is 4.41. The molecule has 214 valence electrons. The summed E-state index contributed by atoms with van der Waals surface area (Å²) in [6, 6.07) is 18.0. The Bertz CT molecular complexity index is 1590. The zero-order chi connectivity index (χ0) is 29.0. The molecule has 0 amide bonds. The number of benzene rings is 2. The molecular formula is C33H39N5O3. The summed E-state index contributed by atoms with van der Waals surface area (Å²) in [5.74, 6) is 0.601. The molecule has 0 spiro atoms. The number of aromatic nitrogens is 4. The highest BCUT2D eigenvalue weighted by Crippen LogP contribution is 2.32. The van der Waals surface area contributed by atoms with E-state index in [0.717, 1.165) is 66.5 Å². The molecule has 1 atom stereocenters. The van der Waals surface area contributed by atoms with Gasteiger partial charge in [-0.3, -0.25) is 9.36 Å². The van der Waals surface area contributed by atoms with Gasteiger partial charge in [-0.2, -0.15) is 15.3 Å². The maximum Gasteiger partial charge on any atom is 0.259 e. The van der Waals surface area contributed by atoms with E-state index in [4.69, 9.17) is 4.74 Å². The number of aryl methyl sites for hydroxylation is 1. The van der Waals surface area contributed by atoms with Crippen molar-refractivity contribution in [2.75, 3.05) is 6.61 Å². The van der Waals surface area contributed by atoms with Crippen molar-refractivity contribution in [1.82, 2.24) is 19.2 Å². The summed E-state index contributed by atoms with van der Waals surface area (Å²) < 4.78 is 9.77. The maximum absolute atomic E-state index is 14.2. The number of fused-ring (bicyclic) bond motifs is 1. The van der Waals surface area contributed by atoms with Crippen LogP contribution in [0.15, 0.2) is 59.7 Å². The Morgan fingerprint density at radius 2 is 1.83 bits per heavy atom. The lowest BCUT2D eigenvalue weighted by atomic mass is 9.92. The van der Waals surface area contributed by atoms with E-state index in [1.54, 1.807) is 6.92 Å². The number of ether oxygens (including phenoxy) is 1. The molecule has 41 heavy (non-hydrogen) atoms. The largest absolute Gasteiger partial charge is 0.388 e. The van der Waals surface area contributed by atoms with E-state index in [1.165, 1.54) is 6.33 Å². The van der Waals surface area contributed by atoms with Gasteiger partial charge in [-0.25, -0.2) is 4.52 Å². The van der Waals surface area contributed by atoms with Crippen molar-refractivity contribution in [3.8, 4) is 17.2 Å². The molecule has 4 aromatic rings. The SMILES string of the molecule is CCCc1c(Cc2ccc(-c3ccccc3C#N)cc2)c(=O)n([C@H]2CC[C@H](OCC(C)(O)CC)CC2)c2ncnn12. The van der Waals surface area contributed by atoms with Crippen LogP contribution in [0, 0.1) is 11.3 Å². The fraction of sp³-hybridized carbons (Fsp3) is 0.455. The van der Waals surface area contributed by atoms with Crippen LogP contribution in [0.3, 0.4) is 0 Å². The summed E-state index contributed by atoms with van der Waals surface area (Å²) in [6.45, 7) is 6.19. The lowest BCUT2D eigenvalue weighted by molar-refractivity contribution is -0.0756. The van der Waals surface area contributed by atoms with Crippen LogP contribution in [0.25, 0.3) is 16.9 Å². The average molecular weight is 554 g/mol. The van der Waals surface area contributed by atoms with Crippen LogP contribution in [0.2, 0.25) is 0 Å². The molecule has 0 saturated heterocycles. The van der Waals surface area contributed by atoms with E-state index in [1.807, 2.05) is 64.5 Å². The molecule has 5 rings (SSSR count). The monoisotopic (exact) mass is 553 g/mol. The van der Waals surface area contributed by atoms with Crippen LogP contribution >= 0.6 is 0 Å². The van der Waals surface area contributed by atoms with Gasteiger partial charge in [0.05, 0.1) is 35.6 Å². The van der Waals surface area contributed by atoms with Crippen LogP contribution in [-0.4, -0.2) is 42.6 Å². The zero-order valence-corrected chi connectivity index (χ0v) is 24.2. The maximum atomic E-state index is 14.2. The van der Waals surface area contributed by atoms with Gasteiger partial charge in [-0.1, -0.05) is 62.7 Å². The molecule has 2 aromatic carbocycles. The molecule has 1 fully saturated rings. The first kappa shape index (κ1) is 28.7. The Balaban J connectivity index is 1.44. The van der Waals surface area contributed by atoms with E-state index < -0.39 is 5.60 Å². The summed E-state index contributed by atoms with van der Waals surface area (Å²) in [7, 11) is 0. The number of aliphatic hydroxyl groups is 1. The predicted octanol–water partition coefficient (Wildman–Crippen LogP) is 5.63. The first-order valence-electron chi connectivity index (χ1n) is 14.7. The van der Waals surface area contributed by atoms with Crippen molar-refractivity contribution in [3.63, 3.8) is 0 Å². The minimum absolute atomic E-state index is 0.00568. The molecule has 8 nitrogen and oxygen atoms in total. The molecule has 2 aromatic heterocycles. The van der Waals surface area contributed by atoms with Crippen LogP contribution < -0.4 is 5.56 Å². The highest BCUT2D eigenvalue weighted by Gasteiger charge is 2.29. The predicted molar refractivity (Wildman–Crippen MR) is 159 cm³/mol. The first-order valence-corrected chi connectivity index (χ1v) is 14.7. The van der Waals surface area contributed by atoms with Gasteiger partial charge >= 0.3 is 0 Å². The van der Waals surface area contributed by atoms with Crippen molar-refractivity contribution in [1.29, 1.82) is 5.26 Å². The fourth-order valence-electron chi connectivity index (χ4n) is 5.79. The Morgan fingerprint density at radius 1 is 1.10 bits per heavy atom. The number of nitriles is 1. The third kappa shape index (κ3) is 6.12. The highest BCUT2D eigenvalue weighted by atomic mass is 16.5. The number of hydrogen-bond donors (Lipinski definition) is 1. The van der Waals surface area contributed by atoms with Gasteiger partial charge < -0.3 is 9.84 Å². The normalized spacial score (nSPS) is 18.7. The minimum atomic E-state index is -0.817. The van der Waals surface area contributed by atoms with Gasteiger partial charge in [0.25, 0.3) is 5.56 Å². The molecule has 0 radical (unpaired) electrons.